The van der Waals surface area contributed by atoms with Crippen molar-refractivity contribution < 1.29 is 30.7 Å². The molecule has 1 atom stereocenters. The Balaban J connectivity index is 3.01. The summed E-state index contributed by atoms with van der Waals surface area (Å²) in [4.78, 5) is 0. The fourth-order valence-electron chi connectivity index (χ4n) is 1.57. The van der Waals surface area contributed by atoms with Gasteiger partial charge in [0, 0.05) is 12.5 Å². The summed E-state index contributed by atoms with van der Waals surface area (Å²) >= 11 is 0. The molecule has 0 fully saturated rings. The van der Waals surface area contributed by atoms with Crippen molar-refractivity contribution in [2.75, 3.05) is 0 Å². The van der Waals surface area contributed by atoms with Gasteiger partial charge in [-0.3, -0.25) is 0 Å². The summed E-state index contributed by atoms with van der Waals surface area (Å²) in [6, 6.07) is 0.0408. The van der Waals surface area contributed by atoms with Gasteiger partial charge in [0.15, 0.2) is 0 Å². The van der Waals surface area contributed by atoms with E-state index < -0.39 is 48.2 Å². The first kappa shape index (κ1) is 15.7. The van der Waals surface area contributed by atoms with Crippen LogP contribution in [0.15, 0.2) is 18.2 Å². The number of alkyl halides is 6. The molecule has 0 amide bonds. The third kappa shape index (κ3) is 4.70. The predicted molar refractivity (Wildman–Crippen MR) is 53.6 cm³/mol. The maximum absolute atomic E-state index is 12.9. The lowest BCUT2D eigenvalue weighted by Gasteiger charge is -2.19. The van der Waals surface area contributed by atoms with E-state index in [4.69, 9.17) is 5.73 Å². The van der Waals surface area contributed by atoms with Gasteiger partial charge in [-0.2, -0.15) is 26.3 Å². The molecular weight excluding hydrogens is 279 g/mol. The number of benzene rings is 1. The maximum Gasteiger partial charge on any atom is 0.416 e. The van der Waals surface area contributed by atoms with Crippen molar-refractivity contribution in [3.05, 3.63) is 35.1 Å². The summed E-state index contributed by atoms with van der Waals surface area (Å²) < 4.78 is 86.7. The number of rotatable bonds is 3. The summed E-state index contributed by atoms with van der Waals surface area (Å²) in [6.07, 6.45) is -11.4. The second-order valence-electron chi connectivity index (χ2n) is 3.99. The van der Waals surface area contributed by atoms with Crippen molar-refractivity contribution in [3.8, 4) is 0 Å². The van der Waals surface area contributed by atoms with Crippen LogP contribution in [0.4, 0.5) is 30.7 Å². The lowest BCUT2D eigenvalue weighted by molar-refractivity contribution is -0.139. The van der Waals surface area contributed by atoms with Crippen LogP contribution < -0.4 is 5.73 Å². The Morgan fingerprint density at radius 3 is 2.11 bits per heavy atom. The van der Waals surface area contributed by atoms with Crippen LogP contribution in [0.1, 0.15) is 30.0 Å². The van der Waals surface area contributed by atoms with Gasteiger partial charge in [0.05, 0.1) is 5.56 Å². The molecule has 0 saturated carbocycles. The summed E-state index contributed by atoms with van der Waals surface area (Å²) in [7, 11) is 0. The summed E-state index contributed by atoms with van der Waals surface area (Å²) in [5.74, 6) is -0.981. The second kappa shape index (κ2) is 5.36. The summed E-state index contributed by atoms with van der Waals surface area (Å²) in [5.41, 5.74) is 3.41. The van der Waals surface area contributed by atoms with Crippen molar-refractivity contribution in [1.29, 1.82) is 0 Å². The van der Waals surface area contributed by atoms with E-state index >= 15 is 0 Å². The number of halogens is 7. The molecule has 0 aromatic heterocycles. The molecule has 0 heterocycles. The Kier molecular flexibility index (Phi) is 4.44. The minimum Gasteiger partial charge on any atom is -0.324 e. The van der Waals surface area contributed by atoms with Gasteiger partial charge >= 0.3 is 12.4 Å². The molecule has 2 N–H and O–H groups in total. The lowest BCUT2D eigenvalue weighted by Crippen LogP contribution is -2.20. The van der Waals surface area contributed by atoms with Crippen molar-refractivity contribution in [3.63, 3.8) is 0 Å². The minimum atomic E-state index is -4.79. The molecule has 0 aliphatic rings. The molecule has 19 heavy (non-hydrogen) atoms. The molecule has 0 aliphatic carbocycles. The lowest BCUT2D eigenvalue weighted by atomic mass is 9.97. The molecule has 0 saturated heterocycles. The molecule has 108 valence electrons. The third-order valence-electron chi connectivity index (χ3n) is 2.46. The fraction of sp³-hybridized carbons (Fsp3) is 0.455. The Labute approximate surface area is 104 Å². The smallest absolute Gasteiger partial charge is 0.324 e. The molecule has 0 bridgehead atoms. The van der Waals surface area contributed by atoms with E-state index in [1.807, 2.05) is 0 Å². The zero-order valence-corrected chi connectivity index (χ0v) is 9.45. The van der Waals surface area contributed by atoms with Gasteiger partial charge in [-0.1, -0.05) is 0 Å². The van der Waals surface area contributed by atoms with E-state index in [9.17, 15) is 30.7 Å². The molecule has 0 radical (unpaired) electrons. The van der Waals surface area contributed by atoms with Crippen molar-refractivity contribution in [2.24, 2.45) is 5.73 Å². The fourth-order valence-corrected chi connectivity index (χ4v) is 1.57. The van der Waals surface area contributed by atoms with Crippen LogP contribution in [0.5, 0.6) is 0 Å². The van der Waals surface area contributed by atoms with E-state index in [0.717, 1.165) is 0 Å². The highest BCUT2D eigenvalue weighted by molar-refractivity contribution is 5.32. The van der Waals surface area contributed by atoms with Crippen molar-refractivity contribution in [1.82, 2.24) is 0 Å². The van der Waals surface area contributed by atoms with Gasteiger partial charge in [-0.05, 0) is 30.2 Å². The number of nitrogens with two attached hydrogens (primary N) is 1. The van der Waals surface area contributed by atoms with Gasteiger partial charge in [-0.15, -0.1) is 0 Å². The first-order valence-electron chi connectivity index (χ1n) is 5.19. The maximum atomic E-state index is 12.9. The normalized spacial score (nSPS) is 14.5. The van der Waals surface area contributed by atoms with Crippen LogP contribution in [0.25, 0.3) is 0 Å². The van der Waals surface area contributed by atoms with E-state index in [1.54, 1.807) is 0 Å². The number of hydrogen-bond acceptors (Lipinski definition) is 1. The van der Waals surface area contributed by atoms with E-state index in [-0.39, 0.29) is 0 Å². The van der Waals surface area contributed by atoms with E-state index in [0.29, 0.717) is 18.2 Å². The first-order chi connectivity index (χ1) is 8.50. The van der Waals surface area contributed by atoms with Gasteiger partial charge in [0.2, 0.25) is 0 Å². The molecule has 0 aliphatic heterocycles. The molecule has 1 rings (SSSR count). The average molecular weight is 289 g/mol. The van der Waals surface area contributed by atoms with Gasteiger partial charge in [0.25, 0.3) is 0 Å². The molecule has 1 aromatic rings. The Hall–Kier alpha value is -1.31. The van der Waals surface area contributed by atoms with E-state index in [2.05, 4.69) is 0 Å². The van der Waals surface area contributed by atoms with Crippen LogP contribution in [0.3, 0.4) is 0 Å². The molecular formula is C11H10F7N. The monoisotopic (exact) mass is 289 g/mol. The van der Waals surface area contributed by atoms with Gasteiger partial charge in [0.1, 0.15) is 5.82 Å². The van der Waals surface area contributed by atoms with Crippen LogP contribution in [0.2, 0.25) is 0 Å². The van der Waals surface area contributed by atoms with Crippen LogP contribution in [0, 0.1) is 5.82 Å². The predicted octanol–water partition coefficient (Wildman–Crippen LogP) is 4.19. The number of hydrogen-bond donors (Lipinski definition) is 1. The molecule has 0 unspecified atom stereocenters. The standard InChI is InChI=1S/C11H10F7N/c12-6-1-2-8(11(16,17)18)7(5-6)9(19)3-4-10(13,14)15/h1-2,5,9H,3-4,19H2/t9-/m0/s1. The minimum absolute atomic E-state index is 0.470. The second-order valence-corrected chi connectivity index (χ2v) is 3.99. The van der Waals surface area contributed by atoms with Crippen molar-refractivity contribution >= 4 is 0 Å². The third-order valence-corrected chi connectivity index (χ3v) is 2.46. The SMILES string of the molecule is N[C@@H](CCC(F)(F)F)c1cc(F)ccc1C(F)(F)F. The van der Waals surface area contributed by atoms with Gasteiger partial charge in [-0.25, -0.2) is 4.39 Å². The van der Waals surface area contributed by atoms with Crippen LogP contribution >= 0.6 is 0 Å². The highest BCUT2D eigenvalue weighted by atomic mass is 19.4. The van der Waals surface area contributed by atoms with Crippen LogP contribution in [-0.2, 0) is 6.18 Å². The molecule has 0 spiro atoms. The van der Waals surface area contributed by atoms with E-state index in [1.165, 1.54) is 0 Å². The zero-order valence-electron chi connectivity index (χ0n) is 9.45. The van der Waals surface area contributed by atoms with Gasteiger partial charge < -0.3 is 5.73 Å². The Morgan fingerprint density at radius 1 is 1.05 bits per heavy atom. The Bertz CT molecular complexity index is 436. The summed E-state index contributed by atoms with van der Waals surface area (Å²) in [6.45, 7) is 0. The summed E-state index contributed by atoms with van der Waals surface area (Å²) in [5, 5.41) is 0. The topological polar surface area (TPSA) is 26.0 Å². The highest BCUT2D eigenvalue weighted by Crippen LogP contribution is 2.36. The largest absolute Gasteiger partial charge is 0.416 e. The molecule has 8 heteroatoms. The zero-order chi connectivity index (χ0) is 14.8. The highest BCUT2D eigenvalue weighted by Gasteiger charge is 2.36. The van der Waals surface area contributed by atoms with Crippen LogP contribution in [-0.4, -0.2) is 6.18 Å². The quantitative estimate of drug-likeness (QED) is 0.830. The average Bonchev–Trinajstić information content (AvgIpc) is 2.23. The Morgan fingerprint density at radius 2 is 1.63 bits per heavy atom. The molecule has 1 nitrogen and oxygen atoms in total. The molecule has 1 aromatic carbocycles. The first-order valence-corrected chi connectivity index (χ1v) is 5.19. The van der Waals surface area contributed by atoms with Crippen molar-refractivity contribution in [2.45, 2.75) is 31.2 Å².